The molecular weight excluding hydrogens is 386 g/mol. The second-order valence-corrected chi connectivity index (χ2v) is 7.45. The summed E-state index contributed by atoms with van der Waals surface area (Å²) < 4.78 is 0. The highest BCUT2D eigenvalue weighted by Gasteiger charge is 2.34. The van der Waals surface area contributed by atoms with Crippen molar-refractivity contribution in [3.8, 4) is 0 Å². The number of amides is 2. The number of fused-ring (bicyclic) bond motifs is 1. The minimum absolute atomic E-state index is 0.000612. The molecule has 0 atom stereocenters. The highest BCUT2D eigenvalue weighted by Crippen LogP contribution is 2.26. The number of carbonyl (C=O) groups excluding carboxylic acids is 3. The number of hydrogen-bond acceptors (Lipinski definition) is 8. The molecule has 1 aromatic rings. The number of rotatable bonds is 9. The predicted molar refractivity (Wildman–Crippen MR) is 104 cm³/mol. The van der Waals surface area contributed by atoms with Crippen molar-refractivity contribution in [1.82, 2.24) is 20.5 Å². The van der Waals surface area contributed by atoms with E-state index in [0.717, 1.165) is 11.3 Å². The Morgan fingerprint density at radius 1 is 1.21 bits per heavy atom. The normalized spacial score (nSPS) is 15.0. The van der Waals surface area contributed by atoms with Gasteiger partial charge in [0.2, 0.25) is 5.78 Å². The molecule has 152 valence electrons. The molecule has 1 aliphatic rings. The molecular formula is C17H23N5O5S. The zero-order chi connectivity index (χ0) is 20.7. The lowest BCUT2D eigenvalue weighted by Crippen LogP contribution is -2.28. The molecule has 2 rings (SSSR count). The van der Waals surface area contributed by atoms with E-state index in [-0.39, 0.29) is 33.5 Å². The molecule has 0 fully saturated rings. The minimum atomic E-state index is -1.09. The third kappa shape index (κ3) is 5.92. The van der Waals surface area contributed by atoms with Gasteiger partial charge in [-0.2, -0.15) is 0 Å². The number of aromatic nitrogens is 1. The van der Waals surface area contributed by atoms with E-state index < -0.39 is 17.8 Å². The van der Waals surface area contributed by atoms with Crippen LogP contribution in [0.2, 0.25) is 0 Å². The standard InChI is InChI=1S/C17H23N5O5S/c1-22(2)8-7-18-10-9-11(23)14-12(13(10)24)21-16(28-14)15(25)19-5-3-4-6-20-17(26)27/h20H,3-9H2,1-2H3,(H,19,25)(H,26,27). The molecule has 0 saturated heterocycles. The Bertz CT molecular complexity index is 802. The number of aliphatic imine (C=N–C) groups is 1. The zero-order valence-electron chi connectivity index (χ0n) is 15.8. The number of likely N-dealkylation sites (N-methyl/N-ethyl adjacent to an activating group) is 1. The van der Waals surface area contributed by atoms with Crippen molar-refractivity contribution in [2.45, 2.75) is 19.3 Å². The van der Waals surface area contributed by atoms with Gasteiger partial charge in [-0.15, -0.1) is 11.3 Å². The second kappa shape index (κ2) is 10.0. The maximum Gasteiger partial charge on any atom is 0.404 e. The average Bonchev–Trinajstić information content (AvgIpc) is 3.08. The number of hydrogen-bond donors (Lipinski definition) is 3. The van der Waals surface area contributed by atoms with Crippen LogP contribution in [0.25, 0.3) is 0 Å². The topological polar surface area (TPSA) is 141 Å². The molecule has 0 saturated carbocycles. The molecule has 28 heavy (non-hydrogen) atoms. The fraction of sp³-hybridized carbons (Fsp3) is 0.529. The van der Waals surface area contributed by atoms with Gasteiger partial charge in [0.05, 0.1) is 18.7 Å². The van der Waals surface area contributed by atoms with Crippen molar-refractivity contribution in [1.29, 1.82) is 0 Å². The molecule has 0 aromatic carbocycles. The fourth-order valence-corrected chi connectivity index (χ4v) is 3.36. The first-order valence-electron chi connectivity index (χ1n) is 8.81. The molecule has 0 unspecified atom stereocenters. The molecule has 0 aliphatic heterocycles. The molecule has 1 heterocycles. The van der Waals surface area contributed by atoms with Crippen LogP contribution in [-0.4, -0.2) is 84.5 Å². The quantitative estimate of drug-likeness (QED) is 0.510. The summed E-state index contributed by atoms with van der Waals surface area (Å²) in [4.78, 5) is 57.8. The van der Waals surface area contributed by atoms with E-state index >= 15 is 0 Å². The van der Waals surface area contributed by atoms with Crippen molar-refractivity contribution >= 4 is 40.6 Å². The van der Waals surface area contributed by atoms with Gasteiger partial charge in [0.1, 0.15) is 10.6 Å². The van der Waals surface area contributed by atoms with Gasteiger partial charge in [-0.3, -0.25) is 19.4 Å². The third-order valence-corrected chi connectivity index (χ3v) is 4.99. The van der Waals surface area contributed by atoms with Gasteiger partial charge in [0, 0.05) is 19.6 Å². The van der Waals surface area contributed by atoms with Gasteiger partial charge in [-0.1, -0.05) is 0 Å². The van der Waals surface area contributed by atoms with Crippen LogP contribution < -0.4 is 10.6 Å². The number of carbonyl (C=O) groups is 4. The van der Waals surface area contributed by atoms with Crippen LogP contribution in [0.4, 0.5) is 4.79 Å². The number of nitrogens with zero attached hydrogens (tertiary/aromatic N) is 3. The first kappa shape index (κ1) is 21.6. The van der Waals surface area contributed by atoms with E-state index in [9.17, 15) is 19.2 Å². The van der Waals surface area contributed by atoms with Gasteiger partial charge >= 0.3 is 6.09 Å². The summed E-state index contributed by atoms with van der Waals surface area (Å²) in [7, 11) is 3.78. The van der Waals surface area contributed by atoms with Crippen molar-refractivity contribution < 1.29 is 24.3 Å². The van der Waals surface area contributed by atoms with E-state index in [4.69, 9.17) is 5.11 Å². The van der Waals surface area contributed by atoms with Gasteiger partial charge in [0.25, 0.3) is 5.91 Å². The lowest BCUT2D eigenvalue weighted by molar-refractivity contribution is 0.0949. The molecule has 0 radical (unpaired) electrons. The number of Topliss-reactive ketones (excluding diaryl/α,β-unsaturated/α-hetero) is 2. The summed E-state index contributed by atoms with van der Waals surface area (Å²) in [6.45, 7) is 1.70. The average molecular weight is 409 g/mol. The molecule has 0 spiro atoms. The Balaban J connectivity index is 1.95. The van der Waals surface area contributed by atoms with Crippen molar-refractivity contribution in [3.63, 3.8) is 0 Å². The van der Waals surface area contributed by atoms with E-state index in [2.05, 4.69) is 20.6 Å². The Labute approximate surface area is 166 Å². The van der Waals surface area contributed by atoms with Crippen molar-refractivity contribution in [2.75, 3.05) is 40.3 Å². The lowest BCUT2D eigenvalue weighted by Gasteiger charge is -2.11. The van der Waals surface area contributed by atoms with Crippen molar-refractivity contribution in [3.05, 3.63) is 15.6 Å². The van der Waals surface area contributed by atoms with E-state index in [1.807, 2.05) is 19.0 Å². The van der Waals surface area contributed by atoms with Crippen LogP contribution in [-0.2, 0) is 0 Å². The summed E-state index contributed by atoms with van der Waals surface area (Å²) in [5.41, 5.74) is 0.184. The summed E-state index contributed by atoms with van der Waals surface area (Å²) in [6.07, 6.45) is -0.00195. The molecule has 0 bridgehead atoms. The van der Waals surface area contributed by atoms with E-state index in [1.165, 1.54) is 0 Å². The predicted octanol–water partition coefficient (Wildman–Crippen LogP) is 0.692. The van der Waals surface area contributed by atoms with Crippen LogP contribution in [0.1, 0.15) is 49.2 Å². The lowest BCUT2D eigenvalue weighted by atomic mass is 9.98. The minimum Gasteiger partial charge on any atom is -0.465 e. The van der Waals surface area contributed by atoms with Gasteiger partial charge in [-0.25, -0.2) is 9.78 Å². The number of carboxylic acid groups (broad SMARTS) is 1. The van der Waals surface area contributed by atoms with Gasteiger partial charge in [-0.05, 0) is 26.9 Å². The fourth-order valence-electron chi connectivity index (χ4n) is 2.44. The monoisotopic (exact) mass is 409 g/mol. The smallest absolute Gasteiger partial charge is 0.404 e. The van der Waals surface area contributed by atoms with E-state index in [1.54, 1.807) is 0 Å². The number of thiazole rings is 1. The molecule has 1 aliphatic carbocycles. The van der Waals surface area contributed by atoms with Crippen LogP contribution in [0.15, 0.2) is 4.99 Å². The Kier molecular flexibility index (Phi) is 7.76. The first-order chi connectivity index (χ1) is 13.3. The van der Waals surface area contributed by atoms with E-state index in [0.29, 0.717) is 39.0 Å². The number of nitrogens with one attached hydrogen (secondary N) is 2. The van der Waals surface area contributed by atoms with Crippen LogP contribution in [0.3, 0.4) is 0 Å². The summed E-state index contributed by atoms with van der Waals surface area (Å²) in [5, 5.41) is 13.4. The van der Waals surface area contributed by atoms with Crippen LogP contribution in [0.5, 0.6) is 0 Å². The maximum absolute atomic E-state index is 12.5. The Hall–Kier alpha value is -2.66. The van der Waals surface area contributed by atoms with Crippen LogP contribution >= 0.6 is 11.3 Å². The van der Waals surface area contributed by atoms with Gasteiger partial charge < -0.3 is 20.6 Å². The Morgan fingerprint density at radius 3 is 2.54 bits per heavy atom. The highest BCUT2D eigenvalue weighted by molar-refractivity contribution is 7.16. The SMILES string of the molecule is CN(C)CCN=C1CC(=O)c2sc(C(=O)NCCCCNC(=O)O)nc2C1=O. The van der Waals surface area contributed by atoms with Gasteiger partial charge in [0.15, 0.2) is 10.8 Å². The summed E-state index contributed by atoms with van der Waals surface area (Å²) >= 11 is 0.911. The number of unbranched alkanes of at least 4 members (excludes halogenated alkanes) is 1. The molecule has 2 amide bonds. The maximum atomic E-state index is 12.5. The second-order valence-electron chi connectivity index (χ2n) is 6.45. The van der Waals surface area contributed by atoms with Crippen molar-refractivity contribution in [2.24, 2.45) is 4.99 Å². The highest BCUT2D eigenvalue weighted by atomic mass is 32.1. The molecule has 10 nitrogen and oxygen atoms in total. The molecule has 3 N–H and O–H groups in total. The zero-order valence-corrected chi connectivity index (χ0v) is 16.6. The van der Waals surface area contributed by atoms with Crippen LogP contribution in [0, 0.1) is 0 Å². The first-order valence-corrected chi connectivity index (χ1v) is 9.63. The largest absolute Gasteiger partial charge is 0.465 e. The molecule has 11 heteroatoms. The Morgan fingerprint density at radius 2 is 1.89 bits per heavy atom. The number of ketones is 2. The third-order valence-electron chi connectivity index (χ3n) is 3.90. The summed E-state index contributed by atoms with van der Waals surface area (Å²) in [5.74, 6) is -1.12. The molecule has 1 aromatic heterocycles. The summed E-state index contributed by atoms with van der Waals surface area (Å²) in [6, 6.07) is 0.